The van der Waals surface area contributed by atoms with Gasteiger partial charge in [-0.2, -0.15) is 26.3 Å². The first-order chi connectivity index (χ1) is 18.0. The van der Waals surface area contributed by atoms with Crippen molar-refractivity contribution >= 4 is 34.3 Å². The summed E-state index contributed by atoms with van der Waals surface area (Å²) in [5.41, 5.74) is 0.446. The monoisotopic (exact) mass is 587 g/mol. The number of nitrogens with one attached hydrogen (secondary N) is 1. The third-order valence-corrected chi connectivity index (χ3v) is 6.26. The first-order valence-electron chi connectivity index (χ1n) is 11.0. The van der Waals surface area contributed by atoms with E-state index in [1.807, 2.05) is 6.92 Å². The summed E-state index contributed by atoms with van der Waals surface area (Å²) in [5, 5.41) is 27.7. The average Bonchev–Trinajstić information content (AvgIpc) is 3.45. The number of nitrogens with zero attached hydrogens (tertiary/aromatic N) is 4. The maximum absolute atomic E-state index is 12.4. The van der Waals surface area contributed by atoms with E-state index < -0.39 is 24.3 Å². The highest BCUT2D eigenvalue weighted by atomic mass is 32.1. The van der Waals surface area contributed by atoms with Gasteiger partial charge in [-0.1, -0.05) is 11.3 Å². The fourth-order valence-corrected chi connectivity index (χ4v) is 4.34. The van der Waals surface area contributed by atoms with Crippen LogP contribution in [0.3, 0.4) is 0 Å². The van der Waals surface area contributed by atoms with Crippen molar-refractivity contribution in [1.29, 1.82) is 0 Å². The number of anilines is 1. The largest absolute Gasteiger partial charge is 0.490 e. The molecule has 2 atom stereocenters. The van der Waals surface area contributed by atoms with E-state index in [1.54, 1.807) is 35.9 Å². The Labute approximate surface area is 220 Å². The predicted octanol–water partition coefficient (Wildman–Crippen LogP) is 3.07. The van der Waals surface area contributed by atoms with Crippen LogP contribution in [0, 0.1) is 6.92 Å². The van der Waals surface area contributed by atoms with Crippen LogP contribution in [0.25, 0.3) is 0 Å². The summed E-state index contributed by atoms with van der Waals surface area (Å²) in [4.78, 5) is 36.4. The van der Waals surface area contributed by atoms with Crippen molar-refractivity contribution in [2.75, 3.05) is 24.6 Å². The number of aryl methyl sites for hydroxylation is 1. The minimum absolute atomic E-state index is 0.0425. The molecule has 2 aliphatic heterocycles. The number of alkyl halides is 6. The van der Waals surface area contributed by atoms with Crippen molar-refractivity contribution in [2.24, 2.45) is 0 Å². The number of carbonyl (C=O) groups is 3. The van der Waals surface area contributed by atoms with Gasteiger partial charge in [0.2, 0.25) is 5.13 Å². The molecule has 0 unspecified atom stereocenters. The third-order valence-electron chi connectivity index (χ3n) is 5.36. The Bertz CT molecular complexity index is 1110. The number of ether oxygens (including phenoxy) is 1. The van der Waals surface area contributed by atoms with E-state index in [0.717, 1.165) is 42.5 Å². The van der Waals surface area contributed by atoms with Crippen molar-refractivity contribution in [2.45, 2.75) is 50.2 Å². The summed E-state index contributed by atoms with van der Waals surface area (Å²) in [6, 6.07) is 3.60. The maximum Gasteiger partial charge on any atom is 0.490 e. The number of rotatable bonds is 3. The summed E-state index contributed by atoms with van der Waals surface area (Å²) < 4.78 is 69.6. The number of amides is 1. The van der Waals surface area contributed by atoms with Crippen LogP contribution in [0.5, 0.6) is 0 Å². The number of pyridine rings is 1. The van der Waals surface area contributed by atoms with Crippen molar-refractivity contribution in [3.8, 4) is 0 Å². The van der Waals surface area contributed by atoms with Crippen molar-refractivity contribution in [3.05, 3.63) is 35.1 Å². The molecule has 1 amide bonds. The molecule has 11 nitrogen and oxygen atoms in total. The topological polar surface area (TPSA) is 155 Å². The molecule has 216 valence electrons. The third kappa shape index (κ3) is 9.93. The average molecular weight is 587 g/mol. The zero-order valence-electron chi connectivity index (χ0n) is 20.1. The summed E-state index contributed by atoms with van der Waals surface area (Å²) in [7, 11) is 0. The Hall–Kier alpha value is -3.54. The number of hydrogen-bond acceptors (Lipinski definition) is 9. The lowest BCUT2D eigenvalue weighted by atomic mass is 9.89. The maximum atomic E-state index is 12.4. The smallest absolute Gasteiger partial charge is 0.475 e. The Morgan fingerprint density at radius 3 is 2.13 bits per heavy atom. The number of carbonyl (C=O) groups excluding carboxylic acids is 1. The molecule has 18 heteroatoms. The van der Waals surface area contributed by atoms with Crippen LogP contribution < -0.4 is 10.2 Å². The Morgan fingerprint density at radius 2 is 1.64 bits per heavy atom. The Balaban J connectivity index is 0.000000317. The van der Waals surface area contributed by atoms with Crippen LogP contribution >= 0.6 is 11.3 Å². The van der Waals surface area contributed by atoms with Crippen LogP contribution in [-0.4, -0.2) is 86.9 Å². The van der Waals surface area contributed by atoms with Crippen LogP contribution in [0.2, 0.25) is 0 Å². The van der Waals surface area contributed by atoms with Gasteiger partial charge in [0, 0.05) is 43.7 Å². The molecule has 4 rings (SSSR count). The molecule has 1 spiro atoms. The van der Waals surface area contributed by atoms with E-state index in [0.29, 0.717) is 12.2 Å². The molecule has 0 radical (unpaired) electrons. The van der Waals surface area contributed by atoms with Crippen LogP contribution in [0.4, 0.5) is 31.5 Å². The molecule has 0 aliphatic carbocycles. The van der Waals surface area contributed by atoms with Crippen molar-refractivity contribution in [3.63, 3.8) is 0 Å². The molecule has 0 aromatic carbocycles. The minimum atomic E-state index is -5.08. The van der Waals surface area contributed by atoms with Gasteiger partial charge in [0.05, 0.1) is 5.60 Å². The van der Waals surface area contributed by atoms with Gasteiger partial charge < -0.3 is 25.2 Å². The van der Waals surface area contributed by atoms with Crippen LogP contribution in [0.15, 0.2) is 24.5 Å². The molecule has 2 saturated heterocycles. The van der Waals surface area contributed by atoms with E-state index in [1.165, 1.54) is 0 Å². The van der Waals surface area contributed by atoms with Gasteiger partial charge >= 0.3 is 24.3 Å². The van der Waals surface area contributed by atoms with Gasteiger partial charge in [-0.3, -0.25) is 9.78 Å². The van der Waals surface area contributed by atoms with Gasteiger partial charge in [0.1, 0.15) is 5.01 Å². The molecule has 3 N–H and O–H groups in total. The molecule has 0 bridgehead atoms. The lowest BCUT2D eigenvalue weighted by molar-refractivity contribution is -0.193. The highest BCUT2D eigenvalue weighted by Gasteiger charge is 2.44. The normalized spacial score (nSPS) is 20.8. The van der Waals surface area contributed by atoms with Gasteiger partial charge in [-0.05, 0) is 38.3 Å². The van der Waals surface area contributed by atoms with E-state index in [2.05, 4.69) is 25.4 Å². The second-order valence-corrected chi connectivity index (χ2v) is 9.47. The van der Waals surface area contributed by atoms with Gasteiger partial charge in [-0.15, -0.1) is 10.2 Å². The van der Waals surface area contributed by atoms with Crippen LogP contribution in [-0.2, 0) is 14.3 Å². The highest BCUT2D eigenvalue weighted by molar-refractivity contribution is 7.15. The summed E-state index contributed by atoms with van der Waals surface area (Å²) >= 11 is 1.61. The SMILES string of the molecule is Cc1nnc(N2CC[C@@]3(C[C@@H](NC(=O)c4ccncc4)CCO3)C2)s1.O=C(O)C(F)(F)F.O=C(O)C(F)(F)F. The lowest BCUT2D eigenvalue weighted by Gasteiger charge is -2.38. The lowest BCUT2D eigenvalue weighted by Crippen LogP contribution is -2.50. The molecule has 2 fully saturated rings. The molecule has 4 heterocycles. The standard InChI is InChI=1S/C17H21N5O2S.2C2HF3O2/c1-12-20-21-16(25-12)22-8-5-17(11-22)10-14(4-9-24-17)19-15(23)13-2-6-18-7-3-13;2*3-2(4,5)1(6)7/h2-3,6-7,14H,4-5,8-11H2,1H3,(H,19,23);2*(H,6,7)/t14-,17+;;/m0../s1. The summed E-state index contributed by atoms with van der Waals surface area (Å²) in [6.45, 7) is 4.36. The quantitative estimate of drug-likeness (QED) is 0.457. The minimum Gasteiger partial charge on any atom is -0.475 e. The Morgan fingerprint density at radius 1 is 1.08 bits per heavy atom. The zero-order chi connectivity index (χ0) is 29.4. The van der Waals surface area contributed by atoms with Crippen molar-refractivity contribution in [1.82, 2.24) is 20.5 Å². The first-order valence-corrected chi connectivity index (χ1v) is 11.8. The van der Waals surface area contributed by atoms with Gasteiger partial charge in [0.15, 0.2) is 0 Å². The number of carboxylic acids is 2. The molecular formula is C21H23F6N5O6S. The molecule has 2 aromatic heterocycles. The van der Waals surface area contributed by atoms with E-state index in [-0.39, 0.29) is 17.6 Å². The summed E-state index contributed by atoms with van der Waals surface area (Å²) in [5.74, 6) is -5.56. The number of hydrogen-bond donors (Lipinski definition) is 3. The van der Waals surface area contributed by atoms with E-state index in [4.69, 9.17) is 24.5 Å². The van der Waals surface area contributed by atoms with Gasteiger partial charge in [0.25, 0.3) is 5.91 Å². The number of carboxylic acid groups (broad SMARTS) is 2. The zero-order valence-corrected chi connectivity index (χ0v) is 20.9. The number of aliphatic carboxylic acids is 2. The van der Waals surface area contributed by atoms with Crippen molar-refractivity contribution < 1.29 is 55.7 Å². The highest BCUT2D eigenvalue weighted by Crippen LogP contribution is 2.37. The molecular weight excluding hydrogens is 564 g/mol. The Kier molecular flexibility index (Phi) is 10.6. The van der Waals surface area contributed by atoms with Crippen LogP contribution in [0.1, 0.15) is 34.6 Å². The van der Waals surface area contributed by atoms with E-state index in [9.17, 15) is 31.1 Å². The predicted molar refractivity (Wildman–Crippen MR) is 122 cm³/mol. The van der Waals surface area contributed by atoms with Gasteiger partial charge in [-0.25, -0.2) is 9.59 Å². The second-order valence-electron chi connectivity index (χ2n) is 8.31. The molecule has 2 aromatic rings. The number of aromatic nitrogens is 3. The van der Waals surface area contributed by atoms with E-state index >= 15 is 0 Å². The summed E-state index contributed by atoms with van der Waals surface area (Å²) in [6.07, 6.45) is -4.26. The second kappa shape index (κ2) is 13.0. The fraction of sp³-hybridized carbons (Fsp3) is 0.524. The molecule has 0 saturated carbocycles. The molecule has 2 aliphatic rings. The first kappa shape index (κ1) is 31.7. The molecule has 39 heavy (non-hydrogen) atoms. The fourth-order valence-electron chi connectivity index (χ4n) is 3.63. The number of halogens is 6.